The summed E-state index contributed by atoms with van der Waals surface area (Å²) in [4.78, 5) is 35.6. The molecular formula is C28H24FN3O5. The summed E-state index contributed by atoms with van der Waals surface area (Å²) < 4.78 is 25.2. The van der Waals surface area contributed by atoms with Crippen molar-refractivity contribution in [3.8, 4) is 11.5 Å². The number of carbonyl (C=O) groups excluding carboxylic acids is 2. The third-order valence-corrected chi connectivity index (χ3v) is 6.03. The largest absolute Gasteiger partial charge is 0.507 e. The lowest BCUT2D eigenvalue weighted by molar-refractivity contribution is -0.132. The number of ketones is 1. The topological polar surface area (TPSA) is 105 Å². The van der Waals surface area contributed by atoms with Gasteiger partial charge >= 0.3 is 5.91 Å². The number of aromatic amines is 1. The summed E-state index contributed by atoms with van der Waals surface area (Å²) in [6, 6.07) is 16.6. The lowest BCUT2D eigenvalue weighted by Gasteiger charge is -2.23. The van der Waals surface area contributed by atoms with E-state index in [-0.39, 0.29) is 28.9 Å². The number of aliphatic hydroxyl groups is 1. The first-order valence-corrected chi connectivity index (χ1v) is 11.6. The molecule has 1 fully saturated rings. The van der Waals surface area contributed by atoms with Crippen LogP contribution in [0.5, 0.6) is 11.5 Å². The van der Waals surface area contributed by atoms with Crippen LogP contribution in [0.25, 0.3) is 16.8 Å². The molecule has 1 unspecified atom stereocenters. The molecule has 3 aromatic carbocycles. The van der Waals surface area contributed by atoms with Crippen molar-refractivity contribution in [3.05, 3.63) is 89.2 Å². The predicted octanol–water partition coefficient (Wildman–Crippen LogP) is 5.12. The Morgan fingerprint density at radius 1 is 1.08 bits per heavy atom. The summed E-state index contributed by atoms with van der Waals surface area (Å²) in [6.45, 7) is 3.80. The lowest BCUT2D eigenvalue weighted by atomic mass is 9.95. The van der Waals surface area contributed by atoms with E-state index in [0.717, 1.165) is 6.07 Å². The molecule has 0 bridgehead atoms. The number of Topliss-reactive ketones (excluding diaryl/α,β-unsaturated/α-hetero) is 1. The van der Waals surface area contributed by atoms with Gasteiger partial charge in [0.2, 0.25) is 5.95 Å². The highest BCUT2D eigenvalue weighted by atomic mass is 19.1. The van der Waals surface area contributed by atoms with Crippen molar-refractivity contribution < 1.29 is 28.6 Å². The molecule has 1 saturated heterocycles. The normalized spacial score (nSPS) is 17.1. The molecule has 37 heavy (non-hydrogen) atoms. The number of methoxy groups -OCH3 is 1. The van der Waals surface area contributed by atoms with Crippen LogP contribution in [-0.4, -0.2) is 40.0 Å². The number of amides is 1. The Morgan fingerprint density at radius 3 is 2.49 bits per heavy atom. The zero-order valence-corrected chi connectivity index (χ0v) is 20.4. The second kappa shape index (κ2) is 9.42. The van der Waals surface area contributed by atoms with Gasteiger partial charge in [0.15, 0.2) is 0 Å². The molecule has 1 amide bonds. The van der Waals surface area contributed by atoms with Gasteiger partial charge in [-0.05, 0) is 61.9 Å². The van der Waals surface area contributed by atoms with Crippen LogP contribution in [0, 0.1) is 5.82 Å². The zero-order valence-electron chi connectivity index (χ0n) is 20.4. The molecule has 188 valence electrons. The maximum Gasteiger partial charge on any atom is 0.302 e. The summed E-state index contributed by atoms with van der Waals surface area (Å²) in [7, 11) is 1.36. The molecule has 1 aliphatic rings. The van der Waals surface area contributed by atoms with Crippen LogP contribution in [0.15, 0.2) is 72.3 Å². The fraction of sp³-hybridized carbons (Fsp3) is 0.179. The molecule has 1 aromatic heterocycles. The molecule has 0 saturated carbocycles. The van der Waals surface area contributed by atoms with Gasteiger partial charge in [0.1, 0.15) is 23.1 Å². The Kier molecular flexibility index (Phi) is 6.12. The number of carbonyl (C=O) groups is 2. The number of imidazole rings is 1. The Balaban J connectivity index is 1.72. The molecule has 5 rings (SSSR count). The number of rotatable bonds is 6. The van der Waals surface area contributed by atoms with E-state index in [1.165, 1.54) is 24.1 Å². The molecule has 4 aromatic rings. The van der Waals surface area contributed by atoms with E-state index in [1.54, 1.807) is 36.4 Å². The predicted molar refractivity (Wildman–Crippen MR) is 136 cm³/mol. The average molecular weight is 502 g/mol. The highest BCUT2D eigenvalue weighted by Crippen LogP contribution is 2.43. The third-order valence-electron chi connectivity index (χ3n) is 6.03. The van der Waals surface area contributed by atoms with Crippen molar-refractivity contribution in [2.24, 2.45) is 0 Å². The number of benzene rings is 3. The van der Waals surface area contributed by atoms with Crippen LogP contribution in [0.4, 0.5) is 10.3 Å². The molecular weight excluding hydrogens is 477 g/mol. The zero-order chi connectivity index (χ0) is 26.3. The van der Waals surface area contributed by atoms with Crippen LogP contribution in [0.3, 0.4) is 0 Å². The van der Waals surface area contributed by atoms with Gasteiger partial charge in [-0.15, -0.1) is 0 Å². The van der Waals surface area contributed by atoms with Gasteiger partial charge in [-0.1, -0.05) is 24.3 Å². The number of nitrogens with one attached hydrogen (secondary N) is 1. The van der Waals surface area contributed by atoms with Gasteiger partial charge in [-0.2, -0.15) is 0 Å². The van der Waals surface area contributed by atoms with Gasteiger partial charge in [0, 0.05) is 0 Å². The number of anilines is 1. The van der Waals surface area contributed by atoms with Crippen molar-refractivity contribution in [2.75, 3.05) is 12.0 Å². The number of fused-ring (bicyclic) bond motifs is 1. The number of para-hydroxylation sites is 2. The average Bonchev–Trinajstić information content (AvgIpc) is 3.42. The SMILES string of the molecule is COc1ccc(F)cc1/C(O)=C1\C(=O)C(=O)N(c2nc3ccccc3[nH]2)C1c1ccc(OC(C)C)cc1. The first-order chi connectivity index (χ1) is 17.8. The number of nitrogens with zero attached hydrogens (tertiary/aromatic N) is 2. The van der Waals surface area contributed by atoms with Gasteiger partial charge < -0.3 is 19.6 Å². The smallest absolute Gasteiger partial charge is 0.302 e. The highest BCUT2D eigenvalue weighted by molar-refractivity contribution is 6.51. The Morgan fingerprint density at radius 2 is 1.81 bits per heavy atom. The van der Waals surface area contributed by atoms with E-state index in [4.69, 9.17) is 9.47 Å². The quantitative estimate of drug-likeness (QED) is 0.216. The number of aromatic nitrogens is 2. The first-order valence-electron chi connectivity index (χ1n) is 11.6. The number of hydrogen-bond donors (Lipinski definition) is 2. The fourth-order valence-electron chi connectivity index (χ4n) is 4.43. The molecule has 0 aliphatic carbocycles. The Labute approximate surface area is 212 Å². The maximum absolute atomic E-state index is 14.2. The van der Waals surface area contributed by atoms with E-state index >= 15 is 0 Å². The van der Waals surface area contributed by atoms with Crippen LogP contribution in [0.2, 0.25) is 0 Å². The number of ether oxygens (including phenoxy) is 2. The van der Waals surface area contributed by atoms with Gasteiger partial charge in [-0.25, -0.2) is 9.37 Å². The summed E-state index contributed by atoms with van der Waals surface area (Å²) in [5, 5.41) is 11.3. The minimum Gasteiger partial charge on any atom is -0.507 e. The number of hydrogen-bond acceptors (Lipinski definition) is 6. The van der Waals surface area contributed by atoms with Crippen LogP contribution >= 0.6 is 0 Å². The summed E-state index contributed by atoms with van der Waals surface area (Å²) in [5.74, 6) is -2.12. The molecule has 0 spiro atoms. The van der Waals surface area contributed by atoms with Gasteiger partial charge in [0.05, 0.1) is 41.4 Å². The lowest BCUT2D eigenvalue weighted by Crippen LogP contribution is -2.30. The molecule has 2 N–H and O–H groups in total. The minimum absolute atomic E-state index is 0.0464. The van der Waals surface area contributed by atoms with E-state index in [1.807, 2.05) is 26.0 Å². The minimum atomic E-state index is -1.05. The van der Waals surface area contributed by atoms with Crippen LogP contribution < -0.4 is 14.4 Å². The van der Waals surface area contributed by atoms with Crippen molar-refractivity contribution in [3.63, 3.8) is 0 Å². The van der Waals surface area contributed by atoms with Gasteiger partial charge in [0.25, 0.3) is 5.78 Å². The summed E-state index contributed by atoms with van der Waals surface area (Å²) >= 11 is 0. The van der Waals surface area contributed by atoms with Crippen molar-refractivity contribution in [1.82, 2.24) is 9.97 Å². The summed E-state index contributed by atoms with van der Waals surface area (Å²) in [6.07, 6.45) is -0.0486. The van der Waals surface area contributed by atoms with Gasteiger partial charge in [-0.3, -0.25) is 14.5 Å². The molecule has 8 nitrogen and oxygen atoms in total. The number of halogens is 1. The maximum atomic E-state index is 14.2. The summed E-state index contributed by atoms with van der Waals surface area (Å²) in [5.41, 5.74) is 1.53. The molecule has 1 aliphatic heterocycles. The van der Waals surface area contributed by atoms with Crippen molar-refractivity contribution >= 4 is 34.4 Å². The van der Waals surface area contributed by atoms with E-state index < -0.39 is 29.3 Å². The van der Waals surface area contributed by atoms with E-state index in [2.05, 4.69) is 9.97 Å². The second-order valence-electron chi connectivity index (χ2n) is 8.83. The molecule has 1 atom stereocenters. The van der Waals surface area contributed by atoms with Crippen molar-refractivity contribution in [1.29, 1.82) is 0 Å². The second-order valence-corrected chi connectivity index (χ2v) is 8.83. The first kappa shape index (κ1) is 24.1. The van der Waals surface area contributed by atoms with E-state index in [9.17, 15) is 19.1 Å². The van der Waals surface area contributed by atoms with E-state index in [0.29, 0.717) is 22.3 Å². The molecule has 0 radical (unpaired) electrons. The van der Waals surface area contributed by atoms with Crippen LogP contribution in [0.1, 0.15) is 31.0 Å². The Bertz CT molecular complexity index is 1510. The number of aliphatic hydroxyl groups excluding tert-OH is 1. The fourth-order valence-corrected chi connectivity index (χ4v) is 4.43. The molecule has 9 heteroatoms. The highest BCUT2D eigenvalue weighted by Gasteiger charge is 2.48. The third kappa shape index (κ3) is 4.29. The van der Waals surface area contributed by atoms with Crippen LogP contribution in [-0.2, 0) is 9.59 Å². The monoisotopic (exact) mass is 501 g/mol. The Hall–Kier alpha value is -4.66. The molecule has 2 heterocycles. The number of H-pyrrole nitrogens is 1. The van der Waals surface area contributed by atoms with Crippen molar-refractivity contribution in [2.45, 2.75) is 26.0 Å². The standard InChI is InChI=1S/C28H24FN3O5/c1-15(2)37-18-11-8-16(9-12-18)24-23(25(33)19-14-17(29)10-13-22(19)36-3)26(34)27(35)32(24)28-30-20-6-4-5-7-21(20)31-28/h4-15,24,33H,1-3H3,(H,30,31)/b25-23+.